The van der Waals surface area contributed by atoms with E-state index >= 15 is 0 Å². The van der Waals surface area contributed by atoms with Crippen LogP contribution in [0.1, 0.15) is 31.9 Å². The van der Waals surface area contributed by atoms with Crippen molar-refractivity contribution >= 4 is 17.5 Å². The number of anilines is 1. The van der Waals surface area contributed by atoms with Gasteiger partial charge in [-0.3, -0.25) is 0 Å². The molecule has 106 valence electrons. The van der Waals surface area contributed by atoms with Gasteiger partial charge in [-0.25, -0.2) is 4.98 Å². The van der Waals surface area contributed by atoms with Crippen LogP contribution in [0.2, 0.25) is 0 Å². The van der Waals surface area contributed by atoms with Crippen molar-refractivity contribution in [3.05, 3.63) is 11.8 Å². The van der Waals surface area contributed by atoms with Crippen LogP contribution < -0.4 is 9.64 Å². The van der Waals surface area contributed by atoms with E-state index in [1.165, 1.54) is 12.8 Å². The third-order valence-electron chi connectivity index (χ3n) is 3.43. The van der Waals surface area contributed by atoms with Crippen LogP contribution in [0, 0.1) is 12.8 Å². The fraction of sp³-hybridized carbons (Fsp3) is 0.714. The van der Waals surface area contributed by atoms with Crippen LogP contribution in [-0.2, 0) is 0 Å². The average molecular weight is 284 g/mol. The van der Waals surface area contributed by atoms with E-state index in [-0.39, 0.29) is 0 Å². The van der Waals surface area contributed by atoms with Crippen molar-refractivity contribution in [3.63, 3.8) is 0 Å². The summed E-state index contributed by atoms with van der Waals surface area (Å²) in [5.41, 5.74) is 0.952. The molecule has 0 saturated carbocycles. The van der Waals surface area contributed by atoms with Gasteiger partial charge in [0, 0.05) is 30.7 Å². The van der Waals surface area contributed by atoms with E-state index < -0.39 is 0 Å². The predicted octanol–water partition coefficient (Wildman–Crippen LogP) is 3.03. The molecule has 0 spiro atoms. The molecule has 5 heteroatoms. The summed E-state index contributed by atoms with van der Waals surface area (Å²) in [5, 5.41) is 0. The first-order valence-corrected chi connectivity index (χ1v) is 7.55. The summed E-state index contributed by atoms with van der Waals surface area (Å²) in [7, 11) is 0. The molecule has 1 aromatic rings. The first kappa shape index (κ1) is 14.4. The van der Waals surface area contributed by atoms with E-state index in [4.69, 9.17) is 16.3 Å². The number of alkyl halides is 1. The van der Waals surface area contributed by atoms with Crippen LogP contribution in [0.25, 0.3) is 0 Å². The van der Waals surface area contributed by atoms with Crippen molar-refractivity contribution in [2.75, 3.05) is 30.5 Å². The van der Waals surface area contributed by atoms with Gasteiger partial charge in [-0.15, -0.1) is 11.6 Å². The van der Waals surface area contributed by atoms with E-state index in [1.807, 2.05) is 19.9 Å². The number of aromatic nitrogens is 2. The highest BCUT2D eigenvalue weighted by molar-refractivity contribution is 6.17. The highest BCUT2D eigenvalue weighted by Gasteiger charge is 2.22. The Kier molecular flexibility index (Phi) is 5.25. The van der Waals surface area contributed by atoms with Gasteiger partial charge in [-0.05, 0) is 39.0 Å². The molecule has 1 unspecified atom stereocenters. The average Bonchev–Trinajstić information content (AvgIpc) is 2.39. The first-order valence-electron chi connectivity index (χ1n) is 7.02. The van der Waals surface area contributed by atoms with Crippen LogP contribution >= 0.6 is 11.6 Å². The maximum absolute atomic E-state index is 5.85. The molecule has 1 aromatic heterocycles. The molecule has 19 heavy (non-hydrogen) atoms. The Hall–Kier alpha value is -1.03. The monoisotopic (exact) mass is 283 g/mol. The van der Waals surface area contributed by atoms with E-state index in [0.29, 0.717) is 18.4 Å². The van der Waals surface area contributed by atoms with E-state index in [9.17, 15) is 0 Å². The van der Waals surface area contributed by atoms with Crippen molar-refractivity contribution in [1.82, 2.24) is 9.97 Å². The standard InChI is InChI=1S/C14H22ClN3O/c1-3-19-13-9-11(2)16-14(17-13)18-8-4-5-12(10-18)6-7-15/h9,12H,3-8,10H2,1-2H3. The Bertz CT molecular complexity index is 412. The van der Waals surface area contributed by atoms with Crippen molar-refractivity contribution < 1.29 is 4.74 Å². The lowest BCUT2D eigenvalue weighted by atomic mass is 9.96. The quantitative estimate of drug-likeness (QED) is 0.779. The molecule has 2 rings (SSSR count). The van der Waals surface area contributed by atoms with Crippen molar-refractivity contribution in [1.29, 1.82) is 0 Å². The number of hydrogen-bond acceptors (Lipinski definition) is 4. The molecule has 0 N–H and O–H groups in total. The van der Waals surface area contributed by atoms with Crippen molar-refractivity contribution in [2.45, 2.75) is 33.1 Å². The number of hydrogen-bond donors (Lipinski definition) is 0. The van der Waals surface area contributed by atoms with Gasteiger partial charge in [-0.1, -0.05) is 0 Å². The van der Waals surface area contributed by atoms with Crippen LogP contribution in [0.15, 0.2) is 6.07 Å². The summed E-state index contributed by atoms with van der Waals surface area (Å²) < 4.78 is 5.49. The van der Waals surface area contributed by atoms with Crippen LogP contribution in [0.5, 0.6) is 5.88 Å². The summed E-state index contributed by atoms with van der Waals surface area (Å²) in [4.78, 5) is 11.3. The Morgan fingerprint density at radius 3 is 3.05 bits per heavy atom. The molecule has 0 bridgehead atoms. The molecule has 0 amide bonds. The summed E-state index contributed by atoms with van der Waals surface area (Å²) >= 11 is 5.85. The minimum atomic E-state index is 0.630. The van der Waals surface area contributed by atoms with Gasteiger partial charge in [-0.2, -0.15) is 4.98 Å². The maximum atomic E-state index is 5.85. The van der Waals surface area contributed by atoms with Gasteiger partial charge in [0.05, 0.1) is 6.61 Å². The minimum absolute atomic E-state index is 0.630. The van der Waals surface area contributed by atoms with Gasteiger partial charge in [0.1, 0.15) is 0 Å². The first-order chi connectivity index (χ1) is 9.22. The minimum Gasteiger partial charge on any atom is -0.478 e. The lowest BCUT2D eigenvalue weighted by Gasteiger charge is -2.32. The zero-order chi connectivity index (χ0) is 13.7. The molecule has 4 nitrogen and oxygen atoms in total. The summed E-state index contributed by atoms with van der Waals surface area (Å²) in [6.07, 6.45) is 3.51. The number of nitrogens with zero attached hydrogens (tertiary/aromatic N) is 3. The molecule has 0 aromatic carbocycles. The SMILES string of the molecule is CCOc1cc(C)nc(N2CCCC(CCCl)C2)n1. The second kappa shape index (κ2) is 6.94. The largest absolute Gasteiger partial charge is 0.478 e. The third kappa shape index (κ3) is 3.96. The van der Waals surface area contributed by atoms with Gasteiger partial charge in [0.2, 0.25) is 11.8 Å². The molecule has 1 aliphatic rings. The fourth-order valence-electron chi connectivity index (χ4n) is 2.52. The van der Waals surface area contributed by atoms with Gasteiger partial charge >= 0.3 is 0 Å². The summed E-state index contributed by atoms with van der Waals surface area (Å²) in [6, 6.07) is 1.88. The van der Waals surface area contributed by atoms with Crippen LogP contribution in [0.3, 0.4) is 0 Å². The van der Waals surface area contributed by atoms with Gasteiger partial charge in [0.25, 0.3) is 0 Å². The highest BCUT2D eigenvalue weighted by Crippen LogP contribution is 2.24. The second-order valence-corrected chi connectivity index (χ2v) is 5.39. The molecular formula is C14H22ClN3O. The molecule has 0 aliphatic carbocycles. The summed E-state index contributed by atoms with van der Waals surface area (Å²) in [5.74, 6) is 2.86. The lowest BCUT2D eigenvalue weighted by Crippen LogP contribution is -2.36. The number of piperidine rings is 1. The number of rotatable bonds is 5. The van der Waals surface area contributed by atoms with Gasteiger partial charge in [0.15, 0.2) is 0 Å². The predicted molar refractivity (Wildman–Crippen MR) is 78.2 cm³/mol. The Morgan fingerprint density at radius 1 is 1.47 bits per heavy atom. The Labute approximate surface area is 120 Å². The Balaban J connectivity index is 2.11. The zero-order valence-corrected chi connectivity index (χ0v) is 12.5. The molecule has 1 atom stereocenters. The second-order valence-electron chi connectivity index (χ2n) is 5.01. The van der Waals surface area contributed by atoms with E-state index in [0.717, 1.165) is 37.0 Å². The van der Waals surface area contributed by atoms with E-state index in [2.05, 4.69) is 14.9 Å². The molecule has 2 heterocycles. The van der Waals surface area contributed by atoms with Crippen LogP contribution in [-0.4, -0.2) is 35.5 Å². The normalized spacial score (nSPS) is 19.5. The Morgan fingerprint density at radius 2 is 2.32 bits per heavy atom. The van der Waals surface area contributed by atoms with E-state index in [1.54, 1.807) is 0 Å². The molecule has 1 saturated heterocycles. The third-order valence-corrected chi connectivity index (χ3v) is 3.65. The number of ether oxygens (including phenoxy) is 1. The molecule has 0 radical (unpaired) electrons. The van der Waals surface area contributed by atoms with Crippen LogP contribution in [0.4, 0.5) is 5.95 Å². The molecular weight excluding hydrogens is 262 g/mol. The molecule has 1 fully saturated rings. The molecule has 1 aliphatic heterocycles. The smallest absolute Gasteiger partial charge is 0.228 e. The topological polar surface area (TPSA) is 38.2 Å². The van der Waals surface area contributed by atoms with Gasteiger partial charge < -0.3 is 9.64 Å². The van der Waals surface area contributed by atoms with Crippen molar-refractivity contribution in [2.24, 2.45) is 5.92 Å². The van der Waals surface area contributed by atoms with Crippen molar-refractivity contribution in [3.8, 4) is 5.88 Å². The summed E-state index contributed by atoms with van der Waals surface area (Å²) in [6.45, 7) is 6.60. The lowest BCUT2D eigenvalue weighted by molar-refractivity contribution is 0.324. The maximum Gasteiger partial charge on any atom is 0.228 e. The number of halogens is 1. The highest BCUT2D eigenvalue weighted by atomic mass is 35.5. The fourth-order valence-corrected chi connectivity index (χ4v) is 2.83. The zero-order valence-electron chi connectivity index (χ0n) is 11.7. The number of aryl methyl sites for hydroxylation is 1.